The Bertz CT molecular complexity index is 1190. The van der Waals surface area contributed by atoms with Gasteiger partial charge in [-0.05, 0) is 56.8 Å². The summed E-state index contributed by atoms with van der Waals surface area (Å²) < 4.78 is 29.8. The van der Waals surface area contributed by atoms with Gasteiger partial charge in [0.15, 0.2) is 9.84 Å². The molecule has 3 aromatic heterocycles. The summed E-state index contributed by atoms with van der Waals surface area (Å²) in [5.74, 6) is 0.716. The zero-order chi connectivity index (χ0) is 22.2. The van der Waals surface area contributed by atoms with Gasteiger partial charge in [0.1, 0.15) is 5.82 Å². The first-order valence-electron chi connectivity index (χ1n) is 10.4. The van der Waals surface area contributed by atoms with Crippen molar-refractivity contribution in [2.75, 3.05) is 31.4 Å². The largest absolute Gasteiger partial charge is 0.375 e. The number of hydrogen-bond acceptors (Lipinski definition) is 7. The fourth-order valence-electron chi connectivity index (χ4n) is 3.98. The molecule has 0 saturated carbocycles. The average molecular weight is 444 g/mol. The number of aromatic nitrogens is 3. The first-order chi connectivity index (χ1) is 14.7. The molecule has 1 fully saturated rings. The molecule has 2 atom stereocenters. The predicted molar refractivity (Wildman–Crippen MR) is 123 cm³/mol. The third-order valence-corrected chi connectivity index (χ3v) is 6.50. The molecule has 1 saturated heterocycles. The monoisotopic (exact) mass is 443 g/mol. The first-order valence-corrected chi connectivity index (χ1v) is 12.5. The highest BCUT2D eigenvalue weighted by Crippen LogP contribution is 2.28. The number of nitrogens with zero attached hydrogens (tertiary/aromatic N) is 3. The molecule has 2 N–H and O–H groups in total. The van der Waals surface area contributed by atoms with Gasteiger partial charge in [-0.1, -0.05) is 0 Å². The average Bonchev–Trinajstić information content (AvgIpc) is 3.10. The normalized spacial score (nSPS) is 19.8. The van der Waals surface area contributed by atoms with Crippen molar-refractivity contribution in [1.82, 2.24) is 20.3 Å². The molecule has 31 heavy (non-hydrogen) atoms. The molecule has 0 amide bonds. The SMILES string of the molecule is CNCc1cc2nc(-c3cc(CS(C)(=O)=O)cc(N4CCO[C@H](C)[C@H]4C)n3)ccc2[nH]1. The molecule has 0 unspecified atom stereocenters. The summed E-state index contributed by atoms with van der Waals surface area (Å²) in [5.41, 5.74) is 4.96. The third kappa shape index (κ3) is 4.89. The topological polar surface area (TPSA) is 100 Å². The van der Waals surface area contributed by atoms with E-state index in [9.17, 15) is 8.42 Å². The van der Waals surface area contributed by atoms with Gasteiger partial charge < -0.3 is 19.9 Å². The van der Waals surface area contributed by atoms with Crippen molar-refractivity contribution >= 4 is 26.7 Å². The Morgan fingerprint density at radius 2 is 2.00 bits per heavy atom. The quantitative estimate of drug-likeness (QED) is 0.604. The molecular formula is C22H29N5O3S. The molecule has 0 radical (unpaired) electrons. The molecule has 0 aromatic carbocycles. The number of nitrogens with one attached hydrogen (secondary N) is 2. The van der Waals surface area contributed by atoms with E-state index in [1.54, 1.807) is 0 Å². The van der Waals surface area contributed by atoms with Crippen molar-refractivity contribution in [1.29, 1.82) is 0 Å². The van der Waals surface area contributed by atoms with Crippen molar-refractivity contribution in [3.63, 3.8) is 0 Å². The zero-order valence-electron chi connectivity index (χ0n) is 18.3. The highest BCUT2D eigenvalue weighted by atomic mass is 32.2. The Hall–Kier alpha value is -2.49. The van der Waals surface area contributed by atoms with Crippen molar-refractivity contribution in [2.24, 2.45) is 0 Å². The van der Waals surface area contributed by atoms with Crippen LogP contribution in [0, 0.1) is 0 Å². The maximum Gasteiger partial charge on any atom is 0.151 e. The van der Waals surface area contributed by atoms with Gasteiger partial charge in [-0.15, -0.1) is 0 Å². The number of anilines is 1. The van der Waals surface area contributed by atoms with Gasteiger partial charge in [0.05, 0.1) is 46.9 Å². The molecular weight excluding hydrogens is 414 g/mol. The van der Waals surface area contributed by atoms with Crippen LogP contribution in [0.1, 0.15) is 25.1 Å². The summed E-state index contributed by atoms with van der Waals surface area (Å²) in [6.07, 6.45) is 1.32. The number of aromatic amines is 1. The van der Waals surface area contributed by atoms with Gasteiger partial charge in [-0.3, -0.25) is 0 Å². The number of pyridine rings is 2. The number of H-pyrrole nitrogens is 1. The van der Waals surface area contributed by atoms with E-state index in [1.807, 2.05) is 44.3 Å². The third-order valence-electron chi connectivity index (χ3n) is 5.64. The van der Waals surface area contributed by atoms with Crippen LogP contribution in [0.25, 0.3) is 22.4 Å². The molecule has 8 nitrogen and oxygen atoms in total. The Labute approximate surface area is 183 Å². The number of ether oxygens (including phenoxy) is 1. The maximum atomic E-state index is 12.0. The Balaban J connectivity index is 1.78. The van der Waals surface area contributed by atoms with E-state index in [1.165, 1.54) is 6.26 Å². The van der Waals surface area contributed by atoms with E-state index in [2.05, 4.69) is 22.1 Å². The van der Waals surface area contributed by atoms with E-state index in [-0.39, 0.29) is 17.9 Å². The lowest BCUT2D eigenvalue weighted by Gasteiger charge is -2.39. The van der Waals surface area contributed by atoms with Crippen LogP contribution in [-0.4, -0.2) is 62.0 Å². The van der Waals surface area contributed by atoms with Gasteiger partial charge >= 0.3 is 0 Å². The molecule has 0 bridgehead atoms. The van der Waals surface area contributed by atoms with Crippen molar-refractivity contribution < 1.29 is 13.2 Å². The number of fused-ring (bicyclic) bond motifs is 1. The number of rotatable bonds is 6. The van der Waals surface area contributed by atoms with Gasteiger partial charge in [0.25, 0.3) is 0 Å². The van der Waals surface area contributed by atoms with Crippen LogP contribution < -0.4 is 10.2 Å². The highest BCUT2D eigenvalue weighted by molar-refractivity contribution is 7.89. The molecule has 1 aliphatic heterocycles. The molecule has 4 heterocycles. The van der Waals surface area contributed by atoms with E-state index >= 15 is 0 Å². The van der Waals surface area contributed by atoms with Crippen LogP contribution in [0.5, 0.6) is 0 Å². The van der Waals surface area contributed by atoms with Gasteiger partial charge in [-0.2, -0.15) is 0 Å². The Morgan fingerprint density at radius 3 is 2.74 bits per heavy atom. The molecule has 9 heteroatoms. The van der Waals surface area contributed by atoms with Crippen molar-refractivity contribution in [3.8, 4) is 11.4 Å². The first kappa shape index (κ1) is 21.7. The maximum absolute atomic E-state index is 12.0. The number of morpholine rings is 1. The summed E-state index contributed by atoms with van der Waals surface area (Å²) >= 11 is 0. The minimum absolute atomic E-state index is 0.0392. The summed E-state index contributed by atoms with van der Waals surface area (Å²) in [6, 6.07) is 9.76. The summed E-state index contributed by atoms with van der Waals surface area (Å²) in [4.78, 5) is 15.2. The molecule has 0 aliphatic carbocycles. The second kappa shape index (κ2) is 8.57. The molecule has 4 rings (SSSR count). The molecule has 3 aromatic rings. The number of sulfone groups is 1. The van der Waals surface area contributed by atoms with Gasteiger partial charge in [0, 0.05) is 25.0 Å². The highest BCUT2D eigenvalue weighted by Gasteiger charge is 2.27. The van der Waals surface area contributed by atoms with Crippen molar-refractivity contribution in [2.45, 2.75) is 38.3 Å². The molecule has 166 valence electrons. The fraction of sp³-hybridized carbons (Fsp3) is 0.455. The molecule has 0 spiro atoms. The Morgan fingerprint density at radius 1 is 1.19 bits per heavy atom. The van der Waals surface area contributed by atoms with Crippen molar-refractivity contribution in [3.05, 3.63) is 41.6 Å². The van der Waals surface area contributed by atoms with Crippen LogP contribution in [-0.2, 0) is 26.9 Å². The van der Waals surface area contributed by atoms with Crippen LogP contribution in [0.4, 0.5) is 5.82 Å². The van der Waals surface area contributed by atoms with Crippen LogP contribution in [0.2, 0.25) is 0 Å². The predicted octanol–water partition coefficient (Wildman–Crippen LogP) is 2.50. The zero-order valence-corrected chi connectivity index (χ0v) is 19.2. The second-order valence-electron chi connectivity index (χ2n) is 8.25. The summed E-state index contributed by atoms with van der Waals surface area (Å²) in [6.45, 7) is 6.19. The summed E-state index contributed by atoms with van der Waals surface area (Å²) in [7, 11) is -1.29. The van der Waals surface area contributed by atoms with Gasteiger partial charge in [0.2, 0.25) is 0 Å². The standard InChI is InChI=1S/C22H29N5O3S/c1-14-15(2)30-8-7-27(14)22-10-16(13-31(4,28)29)9-20(26-22)19-6-5-18-21(25-19)11-17(24-18)12-23-3/h5-6,9-11,14-15,23-24H,7-8,12-13H2,1-4H3/t14-,15-/m1/s1. The van der Waals surface area contributed by atoms with E-state index in [4.69, 9.17) is 14.7 Å². The van der Waals surface area contributed by atoms with Crippen LogP contribution in [0.3, 0.4) is 0 Å². The van der Waals surface area contributed by atoms with E-state index < -0.39 is 9.84 Å². The minimum Gasteiger partial charge on any atom is -0.375 e. The van der Waals surface area contributed by atoms with Crippen LogP contribution >= 0.6 is 0 Å². The second-order valence-corrected chi connectivity index (χ2v) is 10.4. The van der Waals surface area contributed by atoms with E-state index in [0.29, 0.717) is 30.1 Å². The fourth-order valence-corrected chi connectivity index (χ4v) is 4.76. The lowest BCUT2D eigenvalue weighted by molar-refractivity contribution is 0.0281. The van der Waals surface area contributed by atoms with E-state index in [0.717, 1.165) is 29.1 Å². The minimum atomic E-state index is -3.19. The van der Waals surface area contributed by atoms with Crippen LogP contribution in [0.15, 0.2) is 30.3 Å². The Kier molecular flexibility index (Phi) is 6.00. The molecule has 1 aliphatic rings. The lowest BCUT2D eigenvalue weighted by Crippen LogP contribution is -2.49. The smallest absolute Gasteiger partial charge is 0.151 e. The number of hydrogen-bond donors (Lipinski definition) is 2. The lowest BCUT2D eigenvalue weighted by atomic mass is 10.1. The van der Waals surface area contributed by atoms with Gasteiger partial charge in [-0.25, -0.2) is 18.4 Å². The summed E-state index contributed by atoms with van der Waals surface area (Å²) in [5, 5.41) is 3.13.